The molecule has 1 aromatic rings. The second-order valence-corrected chi connectivity index (χ2v) is 5.18. The van der Waals surface area contributed by atoms with Gasteiger partial charge in [0.1, 0.15) is 0 Å². The van der Waals surface area contributed by atoms with Gasteiger partial charge in [0.2, 0.25) is 0 Å². The van der Waals surface area contributed by atoms with Crippen molar-refractivity contribution in [2.75, 3.05) is 13.1 Å². The summed E-state index contributed by atoms with van der Waals surface area (Å²) in [6.45, 7) is 8.94. The minimum absolute atomic E-state index is 0.587. The topological polar surface area (TPSA) is 12.0 Å². The highest BCUT2D eigenvalue weighted by molar-refractivity contribution is 6.30. The maximum absolute atomic E-state index is 5.94. The molecule has 0 aliphatic rings. The Kier molecular flexibility index (Phi) is 6.61. The molecule has 1 N–H and O–H groups in total. The molecule has 0 radical (unpaired) electrons. The van der Waals surface area contributed by atoms with E-state index in [2.05, 4.69) is 38.2 Å². The van der Waals surface area contributed by atoms with Crippen LogP contribution in [0.5, 0.6) is 0 Å². The molecule has 0 heterocycles. The van der Waals surface area contributed by atoms with Gasteiger partial charge in [0, 0.05) is 11.6 Å². The normalized spacial score (nSPS) is 14.6. The second-order valence-electron chi connectivity index (χ2n) is 4.75. The van der Waals surface area contributed by atoms with E-state index in [-0.39, 0.29) is 0 Å². The van der Waals surface area contributed by atoms with Crippen LogP contribution in [0.3, 0.4) is 0 Å². The summed E-state index contributed by atoms with van der Waals surface area (Å²) >= 11 is 5.94. The van der Waals surface area contributed by atoms with Crippen molar-refractivity contribution in [2.24, 2.45) is 5.92 Å². The summed E-state index contributed by atoms with van der Waals surface area (Å²) in [5.74, 6) is 1.28. The molecule has 17 heavy (non-hydrogen) atoms. The Morgan fingerprint density at radius 2 is 1.82 bits per heavy atom. The molecule has 2 heteroatoms. The van der Waals surface area contributed by atoms with Gasteiger partial charge in [-0.2, -0.15) is 0 Å². The fourth-order valence-electron chi connectivity index (χ4n) is 2.08. The highest BCUT2D eigenvalue weighted by Gasteiger charge is 2.17. The molecule has 0 saturated heterocycles. The van der Waals surface area contributed by atoms with Gasteiger partial charge < -0.3 is 5.32 Å². The Bertz CT molecular complexity index is 307. The van der Waals surface area contributed by atoms with E-state index in [0.29, 0.717) is 11.8 Å². The van der Waals surface area contributed by atoms with Crippen LogP contribution < -0.4 is 5.32 Å². The Balaban J connectivity index is 2.71. The standard InChI is InChI=1S/C15H24ClN/c1-4-10-17-11-15(12(3)5-2)13-6-8-14(16)9-7-13/h6-9,12,15,17H,4-5,10-11H2,1-3H3. The van der Waals surface area contributed by atoms with Crippen LogP contribution in [-0.2, 0) is 0 Å². The van der Waals surface area contributed by atoms with Crippen molar-refractivity contribution >= 4 is 11.6 Å². The zero-order valence-corrected chi connectivity index (χ0v) is 11.9. The highest BCUT2D eigenvalue weighted by Crippen LogP contribution is 2.27. The first-order valence-corrected chi connectivity index (χ1v) is 7.03. The van der Waals surface area contributed by atoms with Crippen LogP contribution in [0.1, 0.15) is 45.1 Å². The van der Waals surface area contributed by atoms with Gasteiger partial charge in [-0.25, -0.2) is 0 Å². The van der Waals surface area contributed by atoms with Gasteiger partial charge in [0.25, 0.3) is 0 Å². The molecule has 0 bridgehead atoms. The molecule has 0 aliphatic heterocycles. The molecule has 2 unspecified atom stereocenters. The number of hydrogen-bond acceptors (Lipinski definition) is 1. The third kappa shape index (κ3) is 4.69. The van der Waals surface area contributed by atoms with Gasteiger partial charge in [-0.3, -0.25) is 0 Å². The highest BCUT2D eigenvalue weighted by atomic mass is 35.5. The van der Waals surface area contributed by atoms with Crippen molar-refractivity contribution in [1.29, 1.82) is 0 Å². The van der Waals surface area contributed by atoms with Crippen LogP contribution in [0.2, 0.25) is 5.02 Å². The van der Waals surface area contributed by atoms with Crippen molar-refractivity contribution in [3.8, 4) is 0 Å². The molecule has 0 amide bonds. The molecule has 2 atom stereocenters. The van der Waals surface area contributed by atoms with Crippen molar-refractivity contribution in [1.82, 2.24) is 5.32 Å². The van der Waals surface area contributed by atoms with Crippen molar-refractivity contribution in [3.63, 3.8) is 0 Å². The first-order chi connectivity index (χ1) is 8.19. The minimum atomic E-state index is 0.587. The lowest BCUT2D eigenvalue weighted by Crippen LogP contribution is -2.26. The van der Waals surface area contributed by atoms with Crippen LogP contribution in [0.4, 0.5) is 0 Å². The molecule has 1 aromatic carbocycles. The zero-order chi connectivity index (χ0) is 12.7. The number of halogens is 1. The third-order valence-electron chi connectivity index (χ3n) is 3.42. The summed E-state index contributed by atoms with van der Waals surface area (Å²) in [7, 11) is 0. The van der Waals surface area contributed by atoms with E-state index in [4.69, 9.17) is 11.6 Å². The van der Waals surface area contributed by atoms with Gasteiger partial charge in [-0.15, -0.1) is 0 Å². The second kappa shape index (κ2) is 7.73. The summed E-state index contributed by atoms with van der Waals surface area (Å²) < 4.78 is 0. The summed E-state index contributed by atoms with van der Waals surface area (Å²) in [5, 5.41) is 4.35. The van der Waals surface area contributed by atoms with Gasteiger partial charge >= 0.3 is 0 Å². The molecule has 0 saturated carbocycles. The zero-order valence-electron chi connectivity index (χ0n) is 11.2. The minimum Gasteiger partial charge on any atom is -0.316 e. The van der Waals surface area contributed by atoms with Gasteiger partial charge in [-0.05, 0) is 42.5 Å². The van der Waals surface area contributed by atoms with Gasteiger partial charge in [-0.1, -0.05) is 50.9 Å². The molecule has 96 valence electrons. The van der Waals surface area contributed by atoms with E-state index >= 15 is 0 Å². The number of hydrogen-bond donors (Lipinski definition) is 1. The fraction of sp³-hybridized carbons (Fsp3) is 0.600. The van der Waals surface area contributed by atoms with E-state index in [1.54, 1.807) is 0 Å². The van der Waals surface area contributed by atoms with Crippen LogP contribution in [0.15, 0.2) is 24.3 Å². The van der Waals surface area contributed by atoms with E-state index in [0.717, 1.165) is 18.1 Å². The molecule has 1 rings (SSSR count). The molecular formula is C15H24ClN. The smallest absolute Gasteiger partial charge is 0.0406 e. The lowest BCUT2D eigenvalue weighted by Gasteiger charge is -2.24. The lowest BCUT2D eigenvalue weighted by atomic mass is 9.85. The fourth-order valence-corrected chi connectivity index (χ4v) is 2.20. The van der Waals surface area contributed by atoms with Crippen molar-refractivity contribution in [3.05, 3.63) is 34.9 Å². The predicted molar refractivity (Wildman–Crippen MR) is 76.8 cm³/mol. The van der Waals surface area contributed by atoms with Crippen LogP contribution in [-0.4, -0.2) is 13.1 Å². The Hall–Kier alpha value is -0.530. The average molecular weight is 254 g/mol. The molecule has 0 aromatic heterocycles. The number of rotatable bonds is 7. The Labute approximate surface area is 111 Å². The maximum Gasteiger partial charge on any atom is 0.0406 e. The molecular weight excluding hydrogens is 230 g/mol. The van der Waals surface area contributed by atoms with Crippen LogP contribution in [0, 0.1) is 5.92 Å². The van der Waals surface area contributed by atoms with Crippen LogP contribution >= 0.6 is 11.6 Å². The molecule has 0 spiro atoms. The summed E-state index contributed by atoms with van der Waals surface area (Å²) in [6, 6.07) is 8.30. The average Bonchev–Trinajstić information content (AvgIpc) is 2.35. The Morgan fingerprint density at radius 1 is 1.18 bits per heavy atom. The van der Waals surface area contributed by atoms with Crippen molar-refractivity contribution in [2.45, 2.75) is 39.5 Å². The monoisotopic (exact) mass is 253 g/mol. The Morgan fingerprint density at radius 3 is 2.35 bits per heavy atom. The largest absolute Gasteiger partial charge is 0.316 e. The predicted octanol–water partition coefficient (Wildman–Crippen LogP) is 4.47. The van der Waals surface area contributed by atoms with E-state index in [9.17, 15) is 0 Å². The van der Waals surface area contributed by atoms with Crippen molar-refractivity contribution < 1.29 is 0 Å². The first-order valence-electron chi connectivity index (χ1n) is 6.65. The molecule has 0 aliphatic carbocycles. The maximum atomic E-state index is 5.94. The SMILES string of the molecule is CCCNCC(c1ccc(Cl)cc1)C(C)CC. The molecule has 0 fully saturated rings. The van der Waals surface area contributed by atoms with E-state index in [1.807, 2.05) is 12.1 Å². The number of nitrogens with one attached hydrogen (secondary N) is 1. The van der Waals surface area contributed by atoms with Crippen LogP contribution in [0.25, 0.3) is 0 Å². The number of benzene rings is 1. The first kappa shape index (κ1) is 14.5. The van der Waals surface area contributed by atoms with E-state index in [1.165, 1.54) is 18.4 Å². The summed E-state index contributed by atoms with van der Waals surface area (Å²) in [4.78, 5) is 0. The summed E-state index contributed by atoms with van der Waals surface area (Å²) in [5.41, 5.74) is 1.40. The van der Waals surface area contributed by atoms with E-state index < -0.39 is 0 Å². The third-order valence-corrected chi connectivity index (χ3v) is 3.67. The lowest BCUT2D eigenvalue weighted by molar-refractivity contribution is 0.421. The summed E-state index contributed by atoms with van der Waals surface area (Å²) in [6.07, 6.45) is 2.40. The van der Waals surface area contributed by atoms with Gasteiger partial charge in [0.05, 0.1) is 0 Å². The van der Waals surface area contributed by atoms with Gasteiger partial charge in [0.15, 0.2) is 0 Å². The quantitative estimate of drug-likeness (QED) is 0.707. The molecule has 1 nitrogen and oxygen atoms in total.